The summed E-state index contributed by atoms with van der Waals surface area (Å²) in [6.07, 6.45) is 13.0. The molecule has 0 aliphatic carbocycles. The van der Waals surface area contributed by atoms with E-state index in [2.05, 4.69) is 19.1 Å². The second-order valence-electron chi connectivity index (χ2n) is 2.37. The first kappa shape index (κ1) is 10.2. The molecular weight excluding hydrogens is 136 g/mol. The fraction of sp³-hybridized carbons (Fsp3) is 0.500. The molecule has 0 bridgehead atoms. The summed E-state index contributed by atoms with van der Waals surface area (Å²) < 4.78 is 0. The molecule has 0 aromatic rings. The van der Waals surface area contributed by atoms with E-state index in [1.54, 1.807) is 6.08 Å². The summed E-state index contributed by atoms with van der Waals surface area (Å²) in [5, 5.41) is 0. The van der Waals surface area contributed by atoms with Crippen molar-refractivity contribution in [3.63, 3.8) is 0 Å². The van der Waals surface area contributed by atoms with Gasteiger partial charge in [-0.3, -0.25) is 4.79 Å². The zero-order valence-corrected chi connectivity index (χ0v) is 7.12. The van der Waals surface area contributed by atoms with E-state index in [1.165, 1.54) is 0 Å². The molecule has 0 aliphatic rings. The maximum absolute atomic E-state index is 9.84. The molecule has 1 nitrogen and oxygen atoms in total. The van der Waals surface area contributed by atoms with Crippen molar-refractivity contribution in [3.05, 3.63) is 24.3 Å². The molecule has 62 valence electrons. The molecule has 0 aliphatic heterocycles. The van der Waals surface area contributed by atoms with E-state index >= 15 is 0 Å². The summed E-state index contributed by atoms with van der Waals surface area (Å²) in [5.74, 6) is 0. The minimum atomic E-state index is 0.821. The third kappa shape index (κ3) is 9.15. The van der Waals surface area contributed by atoms with Crippen molar-refractivity contribution in [2.24, 2.45) is 0 Å². The zero-order valence-electron chi connectivity index (χ0n) is 7.12. The van der Waals surface area contributed by atoms with Gasteiger partial charge in [-0.1, -0.05) is 25.2 Å². The summed E-state index contributed by atoms with van der Waals surface area (Å²) >= 11 is 0. The molecule has 0 rings (SSSR count). The SMILES string of the molecule is CC/C=C/CCC/C=C\C=O. The van der Waals surface area contributed by atoms with Crippen LogP contribution >= 0.6 is 0 Å². The van der Waals surface area contributed by atoms with Crippen LogP contribution in [0.15, 0.2) is 24.3 Å². The van der Waals surface area contributed by atoms with E-state index in [1.807, 2.05) is 6.08 Å². The van der Waals surface area contributed by atoms with Crippen LogP contribution in [-0.2, 0) is 4.79 Å². The summed E-state index contributed by atoms with van der Waals surface area (Å²) in [7, 11) is 0. The maximum atomic E-state index is 9.84. The van der Waals surface area contributed by atoms with Crippen LogP contribution in [0.3, 0.4) is 0 Å². The van der Waals surface area contributed by atoms with Gasteiger partial charge in [-0.15, -0.1) is 0 Å². The Labute approximate surface area is 68.8 Å². The van der Waals surface area contributed by atoms with Gasteiger partial charge in [0.25, 0.3) is 0 Å². The molecule has 0 saturated carbocycles. The van der Waals surface area contributed by atoms with Gasteiger partial charge in [0.1, 0.15) is 6.29 Å². The van der Waals surface area contributed by atoms with E-state index in [9.17, 15) is 4.79 Å². The second kappa shape index (κ2) is 9.15. The molecule has 0 radical (unpaired) electrons. The molecule has 0 atom stereocenters. The number of carbonyl (C=O) groups excluding carboxylic acids is 1. The van der Waals surface area contributed by atoms with Crippen LogP contribution in [0.25, 0.3) is 0 Å². The quantitative estimate of drug-likeness (QED) is 0.247. The van der Waals surface area contributed by atoms with Crippen LogP contribution in [0.5, 0.6) is 0 Å². The van der Waals surface area contributed by atoms with Crippen LogP contribution in [-0.4, -0.2) is 6.29 Å². The van der Waals surface area contributed by atoms with Gasteiger partial charge in [-0.25, -0.2) is 0 Å². The molecule has 0 aromatic heterocycles. The van der Waals surface area contributed by atoms with E-state index in [4.69, 9.17) is 0 Å². The largest absolute Gasteiger partial charge is 0.299 e. The van der Waals surface area contributed by atoms with Crippen LogP contribution in [0.4, 0.5) is 0 Å². The van der Waals surface area contributed by atoms with E-state index in [-0.39, 0.29) is 0 Å². The first-order valence-electron chi connectivity index (χ1n) is 4.17. The standard InChI is InChI=1S/C10H16O/c1-2-3-4-5-6-7-8-9-10-11/h3-4,8-10H,2,5-7H2,1H3/b4-3+,9-8-. The first-order valence-corrected chi connectivity index (χ1v) is 4.17. The van der Waals surface area contributed by atoms with Gasteiger partial charge in [0.2, 0.25) is 0 Å². The van der Waals surface area contributed by atoms with Gasteiger partial charge < -0.3 is 0 Å². The van der Waals surface area contributed by atoms with Crippen molar-refractivity contribution in [2.45, 2.75) is 32.6 Å². The number of aldehydes is 1. The van der Waals surface area contributed by atoms with Crippen LogP contribution in [0.1, 0.15) is 32.6 Å². The van der Waals surface area contributed by atoms with E-state index in [0.29, 0.717) is 0 Å². The topological polar surface area (TPSA) is 17.1 Å². The van der Waals surface area contributed by atoms with Crippen molar-refractivity contribution in [1.29, 1.82) is 0 Å². The highest BCUT2D eigenvalue weighted by atomic mass is 16.1. The van der Waals surface area contributed by atoms with Crippen molar-refractivity contribution >= 4 is 6.29 Å². The van der Waals surface area contributed by atoms with Crippen LogP contribution < -0.4 is 0 Å². The molecule has 1 heteroatoms. The Hall–Kier alpha value is -0.850. The highest BCUT2D eigenvalue weighted by molar-refractivity contribution is 5.64. The highest BCUT2D eigenvalue weighted by Gasteiger charge is 1.78. The Morgan fingerprint density at radius 1 is 1.09 bits per heavy atom. The van der Waals surface area contributed by atoms with Crippen molar-refractivity contribution < 1.29 is 4.79 Å². The number of allylic oxidation sites excluding steroid dienone is 4. The summed E-state index contributed by atoms with van der Waals surface area (Å²) in [6.45, 7) is 2.13. The predicted molar refractivity (Wildman–Crippen MR) is 48.5 cm³/mol. The first-order chi connectivity index (χ1) is 5.41. The lowest BCUT2D eigenvalue weighted by Gasteiger charge is -1.87. The van der Waals surface area contributed by atoms with Crippen molar-refractivity contribution in [1.82, 2.24) is 0 Å². The monoisotopic (exact) mass is 152 g/mol. The average Bonchev–Trinajstić information content (AvgIpc) is 2.03. The molecule has 0 heterocycles. The minimum absolute atomic E-state index is 0.821. The van der Waals surface area contributed by atoms with Crippen LogP contribution in [0, 0.1) is 0 Å². The molecule has 0 fully saturated rings. The van der Waals surface area contributed by atoms with Gasteiger partial charge in [0.15, 0.2) is 0 Å². The number of hydrogen-bond donors (Lipinski definition) is 0. The van der Waals surface area contributed by atoms with E-state index < -0.39 is 0 Å². The van der Waals surface area contributed by atoms with Crippen molar-refractivity contribution in [3.8, 4) is 0 Å². The zero-order chi connectivity index (χ0) is 8.36. The fourth-order valence-electron chi connectivity index (χ4n) is 0.790. The smallest absolute Gasteiger partial charge is 0.142 e. The molecule has 0 N–H and O–H groups in total. The average molecular weight is 152 g/mol. The second-order valence-corrected chi connectivity index (χ2v) is 2.37. The number of carbonyl (C=O) groups is 1. The Bertz CT molecular complexity index is 134. The summed E-state index contributed by atoms with van der Waals surface area (Å²) in [4.78, 5) is 9.84. The van der Waals surface area contributed by atoms with Gasteiger partial charge in [-0.05, 0) is 31.8 Å². The molecule has 11 heavy (non-hydrogen) atoms. The minimum Gasteiger partial charge on any atom is -0.299 e. The Kier molecular flexibility index (Phi) is 8.44. The number of unbranched alkanes of at least 4 members (excludes halogenated alkanes) is 2. The van der Waals surface area contributed by atoms with Gasteiger partial charge in [-0.2, -0.15) is 0 Å². The lowest BCUT2D eigenvalue weighted by Crippen LogP contribution is -1.69. The molecule has 0 saturated heterocycles. The summed E-state index contributed by atoms with van der Waals surface area (Å²) in [6, 6.07) is 0. The molecular formula is C10H16O. The van der Waals surface area contributed by atoms with Crippen molar-refractivity contribution in [2.75, 3.05) is 0 Å². The number of rotatable bonds is 6. The van der Waals surface area contributed by atoms with Gasteiger partial charge >= 0.3 is 0 Å². The van der Waals surface area contributed by atoms with E-state index in [0.717, 1.165) is 32.0 Å². The summed E-state index contributed by atoms with van der Waals surface area (Å²) in [5.41, 5.74) is 0. The number of hydrogen-bond acceptors (Lipinski definition) is 1. The third-order valence-electron chi connectivity index (χ3n) is 1.36. The Balaban J connectivity index is 3.08. The predicted octanol–water partition coefficient (Wildman–Crippen LogP) is 2.88. The Morgan fingerprint density at radius 2 is 1.82 bits per heavy atom. The Morgan fingerprint density at radius 3 is 2.45 bits per heavy atom. The fourth-order valence-corrected chi connectivity index (χ4v) is 0.790. The lowest BCUT2D eigenvalue weighted by atomic mass is 10.2. The van der Waals surface area contributed by atoms with Gasteiger partial charge in [0, 0.05) is 0 Å². The molecule has 0 unspecified atom stereocenters. The highest BCUT2D eigenvalue weighted by Crippen LogP contribution is 1.97. The normalized spacial score (nSPS) is 11.4. The third-order valence-corrected chi connectivity index (χ3v) is 1.36. The maximum Gasteiger partial charge on any atom is 0.142 e. The van der Waals surface area contributed by atoms with Crippen LogP contribution in [0.2, 0.25) is 0 Å². The molecule has 0 amide bonds. The molecule has 0 aromatic carbocycles. The molecule has 0 spiro atoms. The lowest BCUT2D eigenvalue weighted by molar-refractivity contribution is -0.104. The van der Waals surface area contributed by atoms with Gasteiger partial charge in [0.05, 0.1) is 0 Å².